The number of carbonyl (C=O) groups excluding carboxylic acids is 2. The van der Waals surface area contributed by atoms with Crippen LogP contribution in [-0.2, 0) is 51.7 Å². The predicted octanol–water partition coefficient (Wildman–Crippen LogP) is -1.04. The average Bonchev–Trinajstić information content (AvgIpc) is 1.94. The normalized spacial score (nSPS) is 3.64. The summed E-state index contributed by atoms with van der Waals surface area (Å²) < 4.78 is 0. The van der Waals surface area contributed by atoms with E-state index >= 15 is 0 Å². The molecule has 68 valence electrons. The van der Waals surface area contributed by atoms with Crippen molar-refractivity contribution in [3.63, 3.8) is 0 Å². The quantitative estimate of drug-likeness (QED) is 0.358. The Labute approximate surface area is 96.2 Å². The first-order valence-corrected chi connectivity index (χ1v) is 2.24. The minimum absolute atomic E-state index is 0. The van der Waals surface area contributed by atoms with E-state index in [1.165, 1.54) is 33.7 Å². The van der Waals surface area contributed by atoms with Gasteiger partial charge < -0.3 is 20.6 Å². The predicted molar refractivity (Wildman–Crippen MR) is 36.2 cm³/mol. The van der Waals surface area contributed by atoms with Gasteiger partial charge in [-0.25, -0.2) is 0 Å². The molecule has 0 aromatic rings. The first-order chi connectivity index (χ1) is 4.33. The van der Waals surface area contributed by atoms with Crippen LogP contribution in [-0.4, -0.2) is 26.8 Å². The molecule has 0 rings (SSSR count). The molecular weight excluding hydrogens is 488 g/mol. The summed E-state index contributed by atoms with van der Waals surface area (Å²) in [5.74, 6) is 0. The van der Waals surface area contributed by atoms with Gasteiger partial charge in [0.05, 0.1) is 0 Å². The summed E-state index contributed by atoms with van der Waals surface area (Å²) in [5, 5.41) is 2.12. The first-order valence-electron chi connectivity index (χ1n) is 2.24. The number of nitrogens with two attached hydrogens (primary N) is 1. The summed E-state index contributed by atoms with van der Waals surface area (Å²) in [7, 11) is 3.01. The molecule has 1 amide bonds. The molecule has 0 spiro atoms. The summed E-state index contributed by atoms with van der Waals surface area (Å²) in [6.45, 7) is 1.32. The molecule has 0 radical (unpaired) electrons. The van der Waals surface area contributed by atoms with Gasteiger partial charge in [-0.05, 0) is 14.1 Å². The van der Waals surface area contributed by atoms with Crippen LogP contribution in [0.5, 0.6) is 0 Å². The second-order valence-corrected chi connectivity index (χ2v) is 0.556. The van der Waals surface area contributed by atoms with E-state index in [0.29, 0.717) is 0 Å². The number of rotatable bonds is 1. The Morgan fingerprint density at radius 3 is 1.27 bits per heavy atom. The Morgan fingerprint density at radius 2 is 1.27 bits per heavy atom. The van der Waals surface area contributed by atoms with Gasteiger partial charge in [-0.1, -0.05) is 0 Å². The van der Waals surface area contributed by atoms with E-state index in [0.717, 1.165) is 0 Å². The largest absolute Gasteiger partial charge is 0.542 e. The zero-order valence-electron chi connectivity index (χ0n) is 6.71. The van der Waals surface area contributed by atoms with Crippen molar-refractivity contribution in [2.75, 3.05) is 14.1 Å². The van der Waals surface area contributed by atoms with Crippen LogP contribution in [0.15, 0.2) is 0 Å². The molecule has 0 unspecified atom stereocenters. The maximum atomic E-state index is 8.94. The average molecular weight is 500 g/mol. The van der Waals surface area contributed by atoms with Crippen LogP contribution >= 0.6 is 0 Å². The molecule has 0 saturated carbocycles. The molecule has 0 aromatic carbocycles. The van der Waals surface area contributed by atoms with Crippen LogP contribution in [0.2, 0.25) is 0 Å². The van der Waals surface area contributed by atoms with E-state index in [1.54, 1.807) is 0 Å². The van der Waals surface area contributed by atoms with Crippen LogP contribution in [0.4, 0.5) is 0 Å². The molecule has 0 atom stereocenters. The van der Waals surface area contributed by atoms with Gasteiger partial charge in [0.25, 0.3) is 0 Å². The van der Waals surface area contributed by atoms with E-state index in [-0.39, 0.29) is 42.1 Å². The third-order valence-electron chi connectivity index (χ3n) is 0.102. The molecule has 0 aliphatic heterocycles. The van der Waals surface area contributed by atoms with Crippen LogP contribution in [0, 0.1) is 0 Å². The summed E-state index contributed by atoms with van der Waals surface area (Å²) in [4.78, 5) is 17.6. The molecule has 0 bridgehead atoms. The first kappa shape index (κ1) is 30.0. The number of hydrogen-bond donors (Lipinski definition) is 2. The second kappa shape index (κ2) is 77.8. The molecule has 0 heterocycles. The van der Waals surface area contributed by atoms with Crippen molar-refractivity contribution in [1.82, 2.24) is 5.32 Å². The van der Waals surface area contributed by atoms with E-state index in [4.69, 9.17) is 9.59 Å². The van der Waals surface area contributed by atoms with Crippen LogP contribution in [0.25, 0.3) is 0 Å². The van der Waals surface area contributed by atoms with Gasteiger partial charge in [0.1, 0.15) is 0 Å². The van der Waals surface area contributed by atoms with Crippen LogP contribution in [0.1, 0.15) is 6.92 Å². The summed E-state index contributed by atoms with van der Waals surface area (Å²) in [6.07, 6.45) is 2.93. The van der Waals surface area contributed by atoms with Crippen molar-refractivity contribution in [1.29, 1.82) is 0 Å². The fourth-order valence-electron chi connectivity index (χ4n) is 0. The maximum absolute atomic E-state index is 8.94. The monoisotopic (exact) mass is 500 g/mol. The van der Waals surface area contributed by atoms with Crippen molar-refractivity contribution in [3.05, 3.63) is 0 Å². The second-order valence-electron chi connectivity index (χ2n) is 0.556. The van der Waals surface area contributed by atoms with Crippen molar-refractivity contribution >= 4 is 12.7 Å². The van der Waals surface area contributed by atoms with Gasteiger partial charge in [-0.3, -0.25) is 6.29 Å². The number of amides is 1. The van der Waals surface area contributed by atoms with Crippen LogP contribution in [0.3, 0.4) is 0 Å². The Kier molecular flexibility index (Phi) is 213. The Balaban J connectivity index is -0.0000000158. The molecule has 3 N–H and O–H groups in total. The van der Waals surface area contributed by atoms with Gasteiger partial charge in [-0.15, -0.1) is 0 Å². The smallest absolute Gasteiger partial charge is 0 e. The molecule has 0 aromatic heterocycles. The van der Waals surface area contributed by atoms with Crippen molar-refractivity contribution in [2.45, 2.75) is 6.92 Å². The molecule has 11 heavy (non-hydrogen) atoms. The molecule has 0 saturated heterocycles. The Morgan fingerprint density at radius 1 is 1.18 bits per heavy atom. The SMILES string of the molecule is CN.CN[C-]=O.C[C-]=O.[W].[W]. The summed E-state index contributed by atoms with van der Waals surface area (Å²) in [5.41, 5.74) is 4.50. The zero-order valence-corrected chi connectivity index (χ0v) is 12.6. The van der Waals surface area contributed by atoms with Crippen LogP contribution < -0.4 is 11.1 Å². The van der Waals surface area contributed by atoms with Gasteiger partial charge >= 0.3 is 0 Å². The number of hydrogen-bond acceptors (Lipinski definition) is 3. The topological polar surface area (TPSA) is 72.2 Å². The standard InChI is InChI=1S/C2H4NO.C2H3O.CH5N.2W/c1-3-2-4;1-2-3;1-2;;/h1H3,(H,3,4);1H3;2H2,1H3;;/q2*-1;;;. The van der Waals surface area contributed by atoms with E-state index in [9.17, 15) is 0 Å². The Hall–Kier alpha value is 0.477. The van der Waals surface area contributed by atoms with E-state index in [2.05, 4.69) is 11.1 Å². The van der Waals surface area contributed by atoms with E-state index in [1.807, 2.05) is 0 Å². The minimum Gasteiger partial charge on any atom is -0.542 e. The van der Waals surface area contributed by atoms with Gasteiger partial charge in [0.15, 0.2) is 0 Å². The van der Waals surface area contributed by atoms with Gasteiger partial charge in [0, 0.05) is 42.1 Å². The van der Waals surface area contributed by atoms with E-state index < -0.39 is 0 Å². The van der Waals surface area contributed by atoms with Gasteiger partial charge in [0.2, 0.25) is 0 Å². The molecular formula is C5H12N2O2W2-2. The van der Waals surface area contributed by atoms with Crippen molar-refractivity contribution in [3.8, 4) is 0 Å². The molecule has 4 nitrogen and oxygen atoms in total. The van der Waals surface area contributed by atoms with Crippen molar-refractivity contribution in [2.24, 2.45) is 5.73 Å². The fraction of sp³-hybridized carbons (Fsp3) is 0.600. The zero-order chi connectivity index (χ0) is 8.12. The Bertz CT molecular complexity index is 55.7. The molecule has 6 heteroatoms. The van der Waals surface area contributed by atoms with Crippen molar-refractivity contribution < 1.29 is 51.7 Å². The summed E-state index contributed by atoms with van der Waals surface area (Å²) in [6, 6.07) is 0. The fourth-order valence-corrected chi connectivity index (χ4v) is 0. The maximum Gasteiger partial charge on any atom is 0 e. The molecule has 0 fully saturated rings. The third kappa shape index (κ3) is 345. The summed E-state index contributed by atoms with van der Waals surface area (Å²) >= 11 is 0. The molecule has 0 aliphatic carbocycles. The third-order valence-corrected chi connectivity index (χ3v) is 0.102. The minimum atomic E-state index is 0. The number of nitrogens with one attached hydrogen (secondary N) is 1. The van der Waals surface area contributed by atoms with Gasteiger partial charge in [-0.2, -0.15) is 13.3 Å². The molecule has 0 aliphatic rings.